The summed E-state index contributed by atoms with van der Waals surface area (Å²) in [6.45, 7) is 3.47. The van der Waals surface area contributed by atoms with Gasteiger partial charge in [0, 0.05) is 24.2 Å². The Morgan fingerprint density at radius 3 is 2.72 bits per heavy atom. The summed E-state index contributed by atoms with van der Waals surface area (Å²) in [5, 5.41) is 0.398. The summed E-state index contributed by atoms with van der Waals surface area (Å²) in [5.41, 5.74) is 6.00. The fourth-order valence-electron chi connectivity index (χ4n) is 3.43. The van der Waals surface area contributed by atoms with E-state index in [0.29, 0.717) is 36.4 Å². The number of benzene rings is 1. The molecule has 3 rings (SSSR count). The molecule has 1 saturated carbocycles. The van der Waals surface area contributed by atoms with E-state index in [9.17, 15) is 8.42 Å². The molecule has 0 radical (unpaired) electrons. The molecule has 0 amide bonds. The molecule has 2 N–H and O–H groups in total. The van der Waals surface area contributed by atoms with Crippen LogP contribution in [0.4, 0.5) is 0 Å². The molecule has 1 aromatic rings. The Morgan fingerprint density at radius 2 is 2.08 bits per heavy atom. The molecule has 1 aromatic carbocycles. The Balaban J connectivity index is 1.83. The highest BCUT2D eigenvalue weighted by atomic mass is 35.5. The molecule has 2 fully saturated rings. The van der Waals surface area contributed by atoms with Gasteiger partial charge in [-0.1, -0.05) is 18.0 Å². The number of hydrogen-bond donors (Lipinski definition) is 1. The Bertz CT molecular complexity index is 704. The molecule has 0 spiro atoms. The monoisotopic (exact) mass is 386 g/mol. The van der Waals surface area contributed by atoms with Gasteiger partial charge in [0.25, 0.3) is 0 Å². The number of halogens is 1. The second-order valence-electron chi connectivity index (χ2n) is 7.32. The second-order valence-corrected chi connectivity index (χ2v) is 9.67. The van der Waals surface area contributed by atoms with Crippen molar-refractivity contribution >= 4 is 21.6 Å². The van der Waals surface area contributed by atoms with Crippen molar-refractivity contribution in [1.82, 2.24) is 4.31 Å². The van der Waals surface area contributed by atoms with Gasteiger partial charge in [-0.15, -0.1) is 0 Å². The fourth-order valence-corrected chi connectivity index (χ4v) is 5.36. The molecule has 1 saturated heterocycles. The summed E-state index contributed by atoms with van der Waals surface area (Å²) in [6, 6.07) is 4.83. The molecule has 2 aliphatic rings. The molecule has 140 valence electrons. The van der Waals surface area contributed by atoms with Crippen LogP contribution in [0.5, 0.6) is 5.75 Å². The Morgan fingerprint density at radius 1 is 1.32 bits per heavy atom. The summed E-state index contributed by atoms with van der Waals surface area (Å²) < 4.78 is 33.8. The summed E-state index contributed by atoms with van der Waals surface area (Å²) in [4.78, 5) is 0.171. The van der Waals surface area contributed by atoms with E-state index in [1.54, 1.807) is 12.1 Å². The highest BCUT2D eigenvalue weighted by molar-refractivity contribution is 7.89. The number of hydrogen-bond acceptors (Lipinski definition) is 4. The number of piperidine rings is 1. The van der Waals surface area contributed by atoms with Crippen molar-refractivity contribution in [3.63, 3.8) is 0 Å². The lowest BCUT2D eigenvalue weighted by atomic mass is 9.86. The van der Waals surface area contributed by atoms with Gasteiger partial charge in [-0.25, -0.2) is 8.42 Å². The van der Waals surface area contributed by atoms with Crippen LogP contribution in [0.3, 0.4) is 0 Å². The molecule has 5 nitrogen and oxygen atoms in total. The third-order valence-corrected chi connectivity index (χ3v) is 7.51. The molecule has 0 bridgehead atoms. The van der Waals surface area contributed by atoms with Gasteiger partial charge in [0.15, 0.2) is 0 Å². The first kappa shape index (κ1) is 19.0. The lowest BCUT2D eigenvalue weighted by Crippen LogP contribution is -2.45. The molecule has 25 heavy (non-hydrogen) atoms. The van der Waals surface area contributed by atoms with Crippen LogP contribution in [0.1, 0.15) is 39.0 Å². The van der Waals surface area contributed by atoms with Crippen molar-refractivity contribution in [2.24, 2.45) is 17.6 Å². The van der Waals surface area contributed by atoms with Gasteiger partial charge >= 0.3 is 0 Å². The molecular weight excluding hydrogens is 360 g/mol. The minimum atomic E-state index is -3.65. The quantitative estimate of drug-likeness (QED) is 0.814. The van der Waals surface area contributed by atoms with Gasteiger partial charge in [0.05, 0.1) is 6.61 Å². The van der Waals surface area contributed by atoms with E-state index in [1.165, 1.54) is 16.8 Å². The van der Waals surface area contributed by atoms with Crippen LogP contribution in [0, 0.1) is 11.8 Å². The molecule has 1 heterocycles. The Hall–Kier alpha value is -0.820. The van der Waals surface area contributed by atoms with Crippen LogP contribution in [0.25, 0.3) is 0 Å². The van der Waals surface area contributed by atoms with Crippen molar-refractivity contribution < 1.29 is 13.2 Å². The van der Waals surface area contributed by atoms with Gasteiger partial charge in [0.1, 0.15) is 10.6 Å². The number of sulfonamides is 1. The molecule has 0 aromatic heterocycles. The van der Waals surface area contributed by atoms with Gasteiger partial charge in [0.2, 0.25) is 10.0 Å². The molecular formula is C18H27ClN2O3S. The molecule has 7 heteroatoms. The minimum absolute atomic E-state index is 0.0216. The lowest BCUT2D eigenvalue weighted by Gasteiger charge is -2.34. The van der Waals surface area contributed by atoms with Gasteiger partial charge in [-0.3, -0.25) is 0 Å². The Labute approximate surface area is 155 Å². The second kappa shape index (κ2) is 7.82. The van der Waals surface area contributed by atoms with E-state index in [-0.39, 0.29) is 16.9 Å². The van der Waals surface area contributed by atoms with E-state index in [2.05, 4.69) is 0 Å². The van der Waals surface area contributed by atoms with E-state index in [0.717, 1.165) is 25.7 Å². The van der Waals surface area contributed by atoms with Gasteiger partial charge in [-0.2, -0.15) is 4.31 Å². The normalized spacial score (nSPS) is 23.9. The zero-order chi connectivity index (χ0) is 18.0. The van der Waals surface area contributed by atoms with Crippen molar-refractivity contribution in [2.75, 3.05) is 19.7 Å². The maximum Gasteiger partial charge on any atom is 0.246 e. The summed E-state index contributed by atoms with van der Waals surface area (Å²) in [7, 11) is -3.65. The SMILES string of the molecule is CC(N)C1CCCN(S(=O)(=O)c2cc(Cl)ccc2OCC2CCC2)C1. The molecule has 1 aliphatic carbocycles. The third kappa shape index (κ3) is 4.30. The van der Waals surface area contributed by atoms with Crippen LogP contribution in [-0.2, 0) is 10.0 Å². The molecule has 2 unspecified atom stereocenters. The zero-order valence-electron chi connectivity index (χ0n) is 14.7. The summed E-state index contributed by atoms with van der Waals surface area (Å²) in [5.74, 6) is 1.12. The summed E-state index contributed by atoms with van der Waals surface area (Å²) >= 11 is 6.08. The first-order valence-corrected chi connectivity index (χ1v) is 10.9. The van der Waals surface area contributed by atoms with Crippen LogP contribution in [0.2, 0.25) is 5.02 Å². The lowest BCUT2D eigenvalue weighted by molar-refractivity contribution is 0.177. The van der Waals surface area contributed by atoms with Crippen molar-refractivity contribution in [3.05, 3.63) is 23.2 Å². The Kier molecular flexibility index (Phi) is 5.93. The topological polar surface area (TPSA) is 72.6 Å². The number of nitrogens with two attached hydrogens (primary N) is 1. The van der Waals surface area contributed by atoms with Crippen LogP contribution in [0.15, 0.2) is 23.1 Å². The van der Waals surface area contributed by atoms with E-state index < -0.39 is 10.0 Å². The van der Waals surface area contributed by atoms with Gasteiger partial charge < -0.3 is 10.5 Å². The smallest absolute Gasteiger partial charge is 0.246 e. The number of rotatable bonds is 6. The fraction of sp³-hybridized carbons (Fsp3) is 0.667. The van der Waals surface area contributed by atoms with E-state index >= 15 is 0 Å². The van der Waals surface area contributed by atoms with Crippen molar-refractivity contribution in [2.45, 2.75) is 50.0 Å². The van der Waals surface area contributed by atoms with Crippen LogP contribution < -0.4 is 10.5 Å². The standard InChI is InChI=1S/C18H27ClN2O3S/c1-13(20)15-6-3-9-21(11-15)25(22,23)18-10-16(19)7-8-17(18)24-12-14-4-2-5-14/h7-8,10,13-15H,2-6,9,11-12,20H2,1H3. The molecule has 1 aliphatic heterocycles. The first-order chi connectivity index (χ1) is 11.9. The predicted molar refractivity (Wildman–Crippen MR) is 99.4 cm³/mol. The third-order valence-electron chi connectivity index (χ3n) is 5.39. The summed E-state index contributed by atoms with van der Waals surface area (Å²) in [6.07, 6.45) is 5.32. The average molecular weight is 387 g/mol. The molecule has 2 atom stereocenters. The van der Waals surface area contributed by atoms with Crippen LogP contribution in [-0.4, -0.2) is 38.5 Å². The van der Waals surface area contributed by atoms with Crippen LogP contribution >= 0.6 is 11.6 Å². The highest BCUT2D eigenvalue weighted by Gasteiger charge is 2.34. The van der Waals surface area contributed by atoms with Crippen molar-refractivity contribution in [3.8, 4) is 5.75 Å². The van der Waals surface area contributed by atoms with E-state index in [1.807, 2.05) is 6.92 Å². The predicted octanol–water partition coefficient (Wildman–Crippen LogP) is 3.27. The first-order valence-electron chi connectivity index (χ1n) is 9.06. The largest absolute Gasteiger partial charge is 0.492 e. The highest BCUT2D eigenvalue weighted by Crippen LogP contribution is 2.34. The maximum atomic E-state index is 13.2. The average Bonchev–Trinajstić information content (AvgIpc) is 2.54. The number of ether oxygens (including phenoxy) is 1. The minimum Gasteiger partial charge on any atom is -0.492 e. The van der Waals surface area contributed by atoms with Crippen molar-refractivity contribution in [1.29, 1.82) is 0 Å². The van der Waals surface area contributed by atoms with E-state index in [4.69, 9.17) is 22.1 Å². The van der Waals surface area contributed by atoms with Gasteiger partial charge in [-0.05, 0) is 62.6 Å². The maximum absolute atomic E-state index is 13.2. The number of nitrogens with zero attached hydrogens (tertiary/aromatic N) is 1. The zero-order valence-corrected chi connectivity index (χ0v) is 16.2.